The molecule has 0 N–H and O–H groups in total. The van der Waals surface area contributed by atoms with Crippen LogP contribution in [0.25, 0.3) is 10.9 Å². The number of carbonyl (C=O) groups is 1. The lowest BCUT2D eigenvalue weighted by Gasteiger charge is -2.17. The van der Waals surface area contributed by atoms with Crippen LogP contribution < -0.4 is 0 Å². The van der Waals surface area contributed by atoms with Gasteiger partial charge in [0.15, 0.2) is 0 Å². The molecule has 3 heteroatoms. The number of nitrogens with zero attached hydrogens (tertiary/aromatic N) is 2. The second kappa shape index (κ2) is 3.19. The second-order valence-corrected chi connectivity index (χ2v) is 4.33. The topological polar surface area (TPSA) is 34.9 Å². The standard InChI is InChI=1S/C12H14N2O/c1-12(2,8-15)11-9-6-4-5-7-10(9)13-14(11)3/h4-8H,1-3H3. The summed E-state index contributed by atoms with van der Waals surface area (Å²) in [5.41, 5.74) is 1.41. The normalized spacial score (nSPS) is 11.9. The highest BCUT2D eigenvalue weighted by Crippen LogP contribution is 2.27. The summed E-state index contributed by atoms with van der Waals surface area (Å²) in [5.74, 6) is 0. The van der Waals surface area contributed by atoms with Crippen molar-refractivity contribution in [3.05, 3.63) is 30.0 Å². The summed E-state index contributed by atoms with van der Waals surface area (Å²) < 4.78 is 1.79. The Morgan fingerprint density at radius 3 is 2.67 bits per heavy atom. The molecule has 0 saturated heterocycles. The van der Waals surface area contributed by atoms with Crippen molar-refractivity contribution < 1.29 is 4.79 Å². The molecule has 0 atom stereocenters. The van der Waals surface area contributed by atoms with Crippen LogP contribution in [0.3, 0.4) is 0 Å². The van der Waals surface area contributed by atoms with Crippen LogP contribution in [0.2, 0.25) is 0 Å². The lowest BCUT2D eigenvalue weighted by Crippen LogP contribution is -2.22. The fraction of sp³-hybridized carbons (Fsp3) is 0.333. The summed E-state index contributed by atoms with van der Waals surface area (Å²) in [6, 6.07) is 7.88. The molecule has 0 aliphatic carbocycles. The molecule has 0 aliphatic rings. The van der Waals surface area contributed by atoms with Crippen molar-refractivity contribution in [2.24, 2.45) is 7.05 Å². The van der Waals surface area contributed by atoms with Crippen LogP contribution >= 0.6 is 0 Å². The van der Waals surface area contributed by atoms with Crippen LogP contribution in [-0.4, -0.2) is 16.1 Å². The van der Waals surface area contributed by atoms with Crippen molar-refractivity contribution in [2.45, 2.75) is 19.3 Å². The summed E-state index contributed by atoms with van der Waals surface area (Å²) in [4.78, 5) is 11.1. The van der Waals surface area contributed by atoms with Gasteiger partial charge in [0.25, 0.3) is 0 Å². The molecular weight excluding hydrogens is 188 g/mol. The molecule has 0 unspecified atom stereocenters. The van der Waals surface area contributed by atoms with E-state index in [0.717, 1.165) is 22.9 Å². The van der Waals surface area contributed by atoms with Crippen molar-refractivity contribution in [1.29, 1.82) is 0 Å². The van der Waals surface area contributed by atoms with Gasteiger partial charge in [0.05, 0.1) is 16.6 Å². The molecule has 3 nitrogen and oxygen atoms in total. The molecule has 0 aliphatic heterocycles. The quantitative estimate of drug-likeness (QED) is 0.698. The van der Waals surface area contributed by atoms with Crippen LogP contribution in [-0.2, 0) is 17.3 Å². The number of rotatable bonds is 2. The SMILES string of the molecule is Cn1nc2ccccc2c1C(C)(C)C=O. The number of aryl methyl sites for hydroxylation is 1. The molecule has 1 aromatic carbocycles. The van der Waals surface area contributed by atoms with E-state index in [9.17, 15) is 4.79 Å². The van der Waals surface area contributed by atoms with Crippen molar-refractivity contribution in [3.63, 3.8) is 0 Å². The Morgan fingerprint density at radius 2 is 2.00 bits per heavy atom. The van der Waals surface area contributed by atoms with Crippen LogP contribution in [0, 0.1) is 0 Å². The van der Waals surface area contributed by atoms with Crippen LogP contribution in [0.15, 0.2) is 24.3 Å². The molecule has 15 heavy (non-hydrogen) atoms. The summed E-state index contributed by atoms with van der Waals surface area (Å²) in [6.45, 7) is 3.81. The summed E-state index contributed by atoms with van der Waals surface area (Å²) in [6.07, 6.45) is 0.969. The van der Waals surface area contributed by atoms with Gasteiger partial charge < -0.3 is 4.79 Å². The van der Waals surface area contributed by atoms with E-state index in [-0.39, 0.29) is 0 Å². The van der Waals surface area contributed by atoms with Crippen molar-refractivity contribution >= 4 is 17.2 Å². The average molecular weight is 202 g/mol. The summed E-state index contributed by atoms with van der Waals surface area (Å²) in [7, 11) is 1.88. The van der Waals surface area contributed by atoms with Gasteiger partial charge in [-0.1, -0.05) is 18.2 Å². The first-order valence-electron chi connectivity index (χ1n) is 4.95. The van der Waals surface area contributed by atoms with Gasteiger partial charge in [-0.3, -0.25) is 4.68 Å². The Labute approximate surface area is 88.7 Å². The maximum Gasteiger partial charge on any atom is 0.131 e. The Bertz CT molecular complexity index is 511. The fourth-order valence-corrected chi connectivity index (χ4v) is 1.97. The zero-order chi connectivity index (χ0) is 11.1. The largest absolute Gasteiger partial charge is 0.302 e. The zero-order valence-electron chi connectivity index (χ0n) is 9.19. The van der Waals surface area contributed by atoms with E-state index in [0.29, 0.717) is 0 Å². The predicted octanol–water partition coefficient (Wildman–Crippen LogP) is 2.05. The first kappa shape index (κ1) is 9.90. The number of carbonyl (C=O) groups excluding carboxylic acids is 1. The highest BCUT2D eigenvalue weighted by atomic mass is 16.1. The van der Waals surface area contributed by atoms with Gasteiger partial charge in [-0.15, -0.1) is 0 Å². The molecule has 0 spiro atoms. The molecule has 0 bridgehead atoms. The van der Waals surface area contributed by atoms with Gasteiger partial charge in [-0.25, -0.2) is 0 Å². The first-order valence-corrected chi connectivity index (χ1v) is 4.95. The van der Waals surface area contributed by atoms with Crippen LogP contribution in [0.5, 0.6) is 0 Å². The minimum Gasteiger partial charge on any atom is -0.302 e. The number of fused-ring (bicyclic) bond motifs is 1. The molecule has 78 valence electrons. The minimum atomic E-state index is -0.495. The number of benzene rings is 1. The van der Waals surface area contributed by atoms with Gasteiger partial charge in [0, 0.05) is 12.4 Å². The maximum atomic E-state index is 11.1. The molecule has 0 radical (unpaired) electrons. The monoisotopic (exact) mass is 202 g/mol. The molecule has 1 heterocycles. The van der Waals surface area contributed by atoms with E-state index in [1.54, 1.807) is 4.68 Å². The van der Waals surface area contributed by atoms with Gasteiger partial charge in [-0.05, 0) is 19.9 Å². The smallest absolute Gasteiger partial charge is 0.131 e. The Kier molecular flexibility index (Phi) is 2.11. The number of hydrogen-bond donors (Lipinski definition) is 0. The Hall–Kier alpha value is -1.64. The van der Waals surface area contributed by atoms with Gasteiger partial charge in [0.1, 0.15) is 6.29 Å². The molecular formula is C12H14N2O. The first-order chi connectivity index (χ1) is 7.06. The predicted molar refractivity (Wildman–Crippen MR) is 59.8 cm³/mol. The van der Waals surface area contributed by atoms with Crippen LogP contribution in [0.1, 0.15) is 19.5 Å². The third kappa shape index (κ3) is 1.44. The molecule has 0 fully saturated rings. The summed E-state index contributed by atoms with van der Waals surface area (Å²) in [5, 5.41) is 5.44. The maximum absolute atomic E-state index is 11.1. The van der Waals surface area contributed by atoms with Gasteiger partial charge in [-0.2, -0.15) is 5.10 Å². The number of hydrogen-bond acceptors (Lipinski definition) is 2. The Balaban J connectivity index is 2.80. The number of aldehydes is 1. The highest BCUT2D eigenvalue weighted by molar-refractivity contribution is 5.86. The molecule has 0 amide bonds. The van der Waals surface area contributed by atoms with Gasteiger partial charge >= 0.3 is 0 Å². The third-order valence-corrected chi connectivity index (χ3v) is 2.65. The number of aromatic nitrogens is 2. The van der Waals surface area contributed by atoms with E-state index in [1.165, 1.54) is 0 Å². The van der Waals surface area contributed by atoms with E-state index in [2.05, 4.69) is 5.10 Å². The second-order valence-electron chi connectivity index (χ2n) is 4.33. The summed E-state index contributed by atoms with van der Waals surface area (Å²) >= 11 is 0. The minimum absolute atomic E-state index is 0.495. The molecule has 1 aromatic heterocycles. The average Bonchev–Trinajstić information content (AvgIpc) is 2.54. The van der Waals surface area contributed by atoms with E-state index >= 15 is 0 Å². The van der Waals surface area contributed by atoms with Crippen molar-refractivity contribution in [1.82, 2.24) is 9.78 Å². The zero-order valence-corrected chi connectivity index (χ0v) is 9.19. The third-order valence-electron chi connectivity index (χ3n) is 2.65. The van der Waals surface area contributed by atoms with E-state index in [1.807, 2.05) is 45.2 Å². The van der Waals surface area contributed by atoms with Crippen molar-refractivity contribution in [3.8, 4) is 0 Å². The molecule has 2 rings (SSSR count). The highest BCUT2D eigenvalue weighted by Gasteiger charge is 2.26. The lowest BCUT2D eigenvalue weighted by atomic mass is 9.89. The fourth-order valence-electron chi connectivity index (χ4n) is 1.97. The van der Waals surface area contributed by atoms with E-state index < -0.39 is 5.41 Å². The van der Waals surface area contributed by atoms with Crippen molar-refractivity contribution in [2.75, 3.05) is 0 Å². The molecule has 2 aromatic rings. The van der Waals surface area contributed by atoms with E-state index in [4.69, 9.17) is 0 Å². The molecule has 0 saturated carbocycles. The Morgan fingerprint density at radius 1 is 1.33 bits per heavy atom. The van der Waals surface area contributed by atoms with Crippen LogP contribution in [0.4, 0.5) is 0 Å². The lowest BCUT2D eigenvalue weighted by molar-refractivity contribution is -0.111. The van der Waals surface area contributed by atoms with Gasteiger partial charge in [0.2, 0.25) is 0 Å².